The molecule has 1 heterocycles. The number of carboxylic acids is 1. The highest BCUT2D eigenvalue weighted by atomic mass is 35.5. The van der Waals surface area contributed by atoms with E-state index in [1.54, 1.807) is 0 Å². The van der Waals surface area contributed by atoms with Gasteiger partial charge in [0.1, 0.15) is 11.6 Å². The Kier molecular flexibility index (Phi) is 7.35. The number of hydrogen-bond acceptors (Lipinski definition) is 3. The second-order valence-corrected chi connectivity index (χ2v) is 8.99. The predicted octanol–water partition coefficient (Wildman–Crippen LogP) is 7.12. The van der Waals surface area contributed by atoms with Gasteiger partial charge in [-0.1, -0.05) is 84.4 Å². The van der Waals surface area contributed by atoms with Gasteiger partial charge in [-0.3, -0.25) is 0 Å². The molecule has 0 saturated carbocycles. The Hall–Kier alpha value is -3.15. The van der Waals surface area contributed by atoms with E-state index in [-0.39, 0.29) is 28.7 Å². The van der Waals surface area contributed by atoms with Gasteiger partial charge < -0.3 is 14.6 Å². The lowest BCUT2D eigenvalue weighted by Crippen LogP contribution is -2.32. The van der Waals surface area contributed by atoms with Crippen molar-refractivity contribution in [3.05, 3.63) is 112 Å². The van der Waals surface area contributed by atoms with Crippen LogP contribution in [0, 0.1) is 11.7 Å². The number of aliphatic carboxylic acids is 1. The molecule has 3 aromatic rings. The maximum atomic E-state index is 14.5. The van der Waals surface area contributed by atoms with Crippen LogP contribution in [0.2, 0.25) is 5.02 Å². The van der Waals surface area contributed by atoms with Crippen molar-refractivity contribution in [2.45, 2.75) is 31.5 Å². The lowest BCUT2D eigenvalue weighted by Gasteiger charge is -2.43. The van der Waals surface area contributed by atoms with E-state index in [1.165, 1.54) is 6.07 Å². The molecule has 0 aromatic heterocycles. The normalized spacial score (nSPS) is 22.2. The van der Waals surface area contributed by atoms with Crippen LogP contribution in [0.25, 0.3) is 0 Å². The molecule has 0 unspecified atom stereocenters. The molecule has 0 spiro atoms. The lowest BCUT2D eigenvalue weighted by atomic mass is 9.74. The van der Waals surface area contributed by atoms with E-state index in [0.29, 0.717) is 12.0 Å². The minimum absolute atomic E-state index is 0.00163. The smallest absolute Gasteiger partial charge is 0.341 e. The van der Waals surface area contributed by atoms with Crippen LogP contribution < -0.4 is 4.74 Å². The van der Waals surface area contributed by atoms with Gasteiger partial charge in [0.25, 0.3) is 0 Å². The maximum absolute atomic E-state index is 14.5. The minimum Gasteiger partial charge on any atom is -0.480 e. The van der Waals surface area contributed by atoms with Crippen LogP contribution in [0.15, 0.2) is 84.9 Å². The summed E-state index contributed by atoms with van der Waals surface area (Å²) >= 11 is 6.31. The first-order valence-electron chi connectivity index (χ1n) is 11.1. The van der Waals surface area contributed by atoms with Crippen molar-refractivity contribution in [1.29, 1.82) is 0 Å². The molecule has 4 atom stereocenters. The Bertz CT molecular complexity index is 1170. The molecule has 1 saturated heterocycles. The third kappa shape index (κ3) is 5.16. The highest BCUT2D eigenvalue weighted by Gasteiger charge is 2.42. The molecule has 0 aliphatic carbocycles. The second-order valence-electron chi connectivity index (χ2n) is 8.58. The van der Waals surface area contributed by atoms with Crippen molar-refractivity contribution in [2.75, 3.05) is 6.61 Å². The quantitative estimate of drug-likeness (QED) is 0.366. The highest BCUT2D eigenvalue weighted by Crippen LogP contribution is 2.53. The van der Waals surface area contributed by atoms with Gasteiger partial charge in [-0.2, -0.15) is 0 Å². The average Bonchev–Trinajstić information content (AvgIpc) is 2.83. The summed E-state index contributed by atoms with van der Waals surface area (Å²) in [6.45, 7) is 5.51. The fourth-order valence-electron chi connectivity index (χ4n) is 4.66. The topological polar surface area (TPSA) is 55.8 Å². The van der Waals surface area contributed by atoms with Gasteiger partial charge in [0.2, 0.25) is 0 Å². The Morgan fingerprint density at radius 2 is 1.71 bits per heavy atom. The van der Waals surface area contributed by atoms with E-state index in [0.717, 1.165) is 22.8 Å². The summed E-state index contributed by atoms with van der Waals surface area (Å²) in [5.74, 6) is -1.72. The van der Waals surface area contributed by atoms with Gasteiger partial charge >= 0.3 is 5.97 Å². The van der Waals surface area contributed by atoms with Gasteiger partial charge in [0.05, 0.1) is 17.2 Å². The van der Waals surface area contributed by atoms with E-state index in [4.69, 9.17) is 26.2 Å². The number of carbonyl (C=O) groups is 1. The Morgan fingerprint density at radius 1 is 1.09 bits per heavy atom. The molecule has 4 nitrogen and oxygen atoms in total. The average molecular weight is 481 g/mol. The van der Waals surface area contributed by atoms with Gasteiger partial charge in [-0.15, -0.1) is 0 Å². The van der Waals surface area contributed by atoms with Crippen molar-refractivity contribution >= 4 is 17.6 Å². The predicted molar refractivity (Wildman–Crippen MR) is 130 cm³/mol. The molecular formula is C28H26ClFO4. The molecular weight excluding hydrogens is 455 g/mol. The summed E-state index contributed by atoms with van der Waals surface area (Å²) in [5, 5.41) is 9.13. The summed E-state index contributed by atoms with van der Waals surface area (Å²) in [6, 6.07) is 22.5. The number of ether oxygens (including phenoxy) is 2. The molecule has 34 heavy (non-hydrogen) atoms. The maximum Gasteiger partial charge on any atom is 0.341 e. The fraction of sp³-hybridized carbons (Fsp3) is 0.250. The Morgan fingerprint density at radius 3 is 2.29 bits per heavy atom. The van der Waals surface area contributed by atoms with E-state index >= 15 is 0 Å². The van der Waals surface area contributed by atoms with Crippen LogP contribution in [0.3, 0.4) is 0 Å². The number of carboxylic acid groups (broad SMARTS) is 1. The monoisotopic (exact) mass is 480 g/mol. The minimum atomic E-state index is -1.15. The van der Waals surface area contributed by atoms with E-state index in [2.05, 4.69) is 18.7 Å². The Balaban J connectivity index is 1.82. The summed E-state index contributed by atoms with van der Waals surface area (Å²) in [6.07, 6.45) is -0.242. The zero-order valence-corrected chi connectivity index (χ0v) is 19.5. The van der Waals surface area contributed by atoms with Gasteiger partial charge in [-0.25, -0.2) is 9.18 Å². The van der Waals surface area contributed by atoms with Crippen molar-refractivity contribution in [1.82, 2.24) is 0 Å². The summed E-state index contributed by atoms with van der Waals surface area (Å²) < 4.78 is 26.8. The lowest BCUT2D eigenvalue weighted by molar-refractivity contribution is -0.139. The number of hydrogen-bond donors (Lipinski definition) is 1. The third-order valence-corrected chi connectivity index (χ3v) is 6.49. The summed E-state index contributed by atoms with van der Waals surface area (Å²) in [5.41, 5.74) is 3.39. The number of halogens is 2. The molecule has 3 aromatic carbocycles. The molecule has 176 valence electrons. The number of benzene rings is 3. The third-order valence-electron chi connectivity index (χ3n) is 6.20. The summed E-state index contributed by atoms with van der Waals surface area (Å²) in [7, 11) is 0. The first-order chi connectivity index (χ1) is 16.3. The Labute approximate surface area is 203 Å². The molecule has 1 N–H and O–H groups in total. The molecule has 0 bridgehead atoms. The molecule has 1 aliphatic rings. The molecule has 1 fully saturated rings. The molecule has 4 rings (SSSR count). The summed E-state index contributed by atoms with van der Waals surface area (Å²) in [4.78, 5) is 11.2. The molecule has 6 heteroatoms. The number of rotatable bonds is 7. The standard InChI is InChI=1S/C28H26ClFO4/c1-17(2)21-15-22(18-9-5-3-6-10-18)26(19-11-7-4-8-12-19)34-27(21)23-13-20(30)14-24(29)28(23)33-16-25(31)32/h3-14,21-22,26-27H,1,15-16H2,2H3,(H,31,32)/t21-,22-,26+,27+/m1/s1. The van der Waals surface area contributed by atoms with Crippen molar-refractivity contribution in [3.63, 3.8) is 0 Å². The van der Waals surface area contributed by atoms with Gasteiger partial charge in [-0.05, 0) is 36.6 Å². The van der Waals surface area contributed by atoms with Crippen molar-refractivity contribution < 1.29 is 23.8 Å². The second kappa shape index (κ2) is 10.4. The molecule has 0 amide bonds. The van der Waals surface area contributed by atoms with Crippen LogP contribution in [-0.4, -0.2) is 17.7 Å². The van der Waals surface area contributed by atoms with Crippen LogP contribution in [-0.2, 0) is 9.53 Å². The van der Waals surface area contributed by atoms with Gasteiger partial charge in [0, 0.05) is 17.4 Å². The van der Waals surface area contributed by atoms with Crippen LogP contribution >= 0.6 is 11.6 Å². The first kappa shape index (κ1) is 24.0. The van der Waals surface area contributed by atoms with Crippen LogP contribution in [0.4, 0.5) is 4.39 Å². The van der Waals surface area contributed by atoms with E-state index in [1.807, 2.05) is 55.5 Å². The van der Waals surface area contributed by atoms with Gasteiger partial charge in [0.15, 0.2) is 6.61 Å². The molecule has 0 radical (unpaired) electrons. The van der Waals surface area contributed by atoms with Crippen LogP contribution in [0.1, 0.15) is 48.2 Å². The largest absolute Gasteiger partial charge is 0.480 e. The SMILES string of the molecule is C=C(C)[C@H]1C[C@H](c2ccccc2)[C@H](c2ccccc2)O[C@@H]1c1cc(F)cc(Cl)c1OCC(=O)O. The molecule has 1 aliphatic heterocycles. The van der Waals surface area contributed by atoms with E-state index < -0.39 is 24.5 Å². The first-order valence-corrected chi connectivity index (χ1v) is 11.5. The van der Waals surface area contributed by atoms with Crippen molar-refractivity contribution in [2.24, 2.45) is 5.92 Å². The fourth-order valence-corrected chi connectivity index (χ4v) is 4.93. The zero-order chi connectivity index (χ0) is 24.2. The zero-order valence-electron chi connectivity index (χ0n) is 18.8. The van der Waals surface area contributed by atoms with E-state index in [9.17, 15) is 9.18 Å². The van der Waals surface area contributed by atoms with Crippen LogP contribution in [0.5, 0.6) is 5.75 Å². The van der Waals surface area contributed by atoms with Crippen molar-refractivity contribution in [3.8, 4) is 5.75 Å². The highest BCUT2D eigenvalue weighted by molar-refractivity contribution is 6.32.